The van der Waals surface area contributed by atoms with Gasteiger partial charge < -0.3 is 16.0 Å². The number of benzene rings is 1. The molecule has 1 fully saturated rings. The van der Waals surface area contributed by atoms with Crippen LogP contribution in [0.4, 0.5) is 4.79 Å². The fourth-order valence-electron chi connectivity index (χ4n) is 3.83. The number of likely N-dealkylation sites (tertiary alicyclic amines) is 1. The Kier molecular flexibility index (Phi) is 5.76. The standard InChI is InChI=1S/C20H31N3O2/c1-13(2)17(22-19(21)25)18(24)23-11-10-16(20(4,5)12-23)15-8-6-14(3)7-9-15/h6-9,13,16-17H,10-12H2,1-5H3,(H3,21,22,25)/t16?,17-/m1/s1. The van der Waals surface area contributed by atoms with Gasteiger partial charge in [-0.15, -0.1) is 0 Å². The molecule has 0 aromatic heterocycles. The van der Waals surface area contributed by atoms with Gasteiger partial charge in [-0.2, -0.15) is 0 Å². The number of amides is 3. The lowest BCUT2D eigenvalue weighted by Crippen LogP contribution is -2.56. The molecule has 3 amide bonds. The first kappa shape index (κ1) is 19.3. The Morgan fingerprint density at radius 1 is 1.24 bits per heavy atom. The average Bonchev–Trinajstić information content (AvgIpc) is 2.51. The Labute approximate surface area is 151 Å². The second kappa shape index (κ2) is 7.46. The highest BCUT2D eigenvalue weighted by molar-refractivity contribution is 5.87. The van der Waals surface area contributed by atoms with E-state index in [0.717, 1.165) is 6.42 Å². The molecule has 1 aromatic rings. The third-order valence-corrected chi connectivity index (χ3v) is 5.25. The molecule has 0 bridgehead atoms. The largest absolute Gasteiger partial charge is 0.352 e. The molecule has 5 heteroatoms. The summed E-state index contributed by atoms with van der Waals surface area (Å²) in [6.45, 7) is 11.7. The van der Waals surface area contributed by atoms with Crippen LogP contribution in [0.25, 0.3) is 0 Å². The minimum absolute atomic E-state index is 0.00191. The van der Waals surface area contributed by atoms with E-state index in [4.69, 9.17) is 5.73 Å². The highest BCUT2D eigenvalue weighted by atomic mass is 16.2. The minimum Gasteiger partial charge on any atom is -0.352 e. The Morgan fingerprint density at radius 2 is 1.84 bits per heavy atom. The van der Waals surface area contributed by atoms with Crippen LogP contribution in [0, 0.1) is 18.3 Å². The van der Waals surface area contributed by atoms with Gasteiger partial charge in [-0.1, -0.05) is 57.5 Å². The van der Waals surface area contributed by atoms with Gasteiger partial charge in [0.2, 0.25) is 5.91 Å². The number of nitrogens with zero attached hydrogens (tertiary/aromatic N) is 1. The van der Waals surface area contributed by atoms with E-state index in [1.165, 1.54) is 11.1 Å². The van der Waals surface area contributed by atoms with Crippen LogP contribution in [0.3, 0.4) is 0 Å². The lowest BCUT2D eigenvalue weighted by molar-refractivity contribution is -0.137. The van der Waals surface area contributed by atoms with Gasteiger partial charge in [0.1, 0.15) is 6.04 Å². The Hall–Kier alpha value is -2.04. The first-order chi connectivity index (χ1) is 11.6. The van der Waals surface area contributed by atoms with Crippen LogP contribution in [-0.4, -0.2) is 36.0 Å². The number of urea groups is 1. The summed E-state index contributed by atoms with van der Waals surface area (Å²) in [5.41, 5.74) is 7.80. The van der Waals surface area contributed by atoms with Crippen molar-refractivity contribution in [1.29, 1.82) is 0 Å². The van der Waals surface area contributed by atoms with Gasteiger partial charge in [-0.25, -0.2) is 4.79 Å². The number of piperidine rings is 1. The van der Waals surface area contributed by atoms with E-state index in [0.29, 0.717) is 19.0 Å². The van der Waals surface area contributed by atoms with Crippen LogP contribution in [0.15, 0.2) is 24.3 Å². The lowest BCUT2D eigenvalue weighted by Gasteiger charge is -2.45. The van der Waals surface area contributed by atoms with Crippen LogP contribution in [0.1, 0.15) is 51.2 Å². The number of primary amides is 1. The van der Waals surface area contributed by atoms with E-state index in [9.17, 15) is 9.59 Å². The number of nitrogens with two attached hydrogens (primary N) is 1. The van der Waals surface area contributed by atoms with Gasteiger partial charge >= 0.3 is 6.03 Å². The summed E-state index contributed by atoms with van der Waals surface area (Å²) >= 11 is 0. The zero-order valence-electron chi connectivity index (χ0n) is 16.0. The van der Waals surface area contributed by atoms with Gasteiger partial charge in [0, 0.05) is 13.1 Å². The Morgan fingerprint density at radius 3 is 2.32 bits per heavy atom. The SMILES string of the molecule is Cc1ccc(C2CCN(C(=O)[C@H](NC(N)=O)C(C)C)CC2(C)C)cc1. The maximum absolute atomic E-state index is 12.9. The van der Waals surface area contributed by atoms with Gasteiger partial charge in [0.25, 0.3) is 0 Å². The van der Waals surface area contributed by atoms with Gasteiger partial charge in [-0.3, -0.25) is 4.79 Å². The van der Waals surface area contributed by atoms with Gasteiger partial charge in [0.05, 0.1) is 0 Å². The first-order valence-electron chi connectivity index (χ1n) is 9.03. The third kappa shape index (κ3) is 4.53. The van der Waals surface area contributed by atoms with Crippen LogP contribution in [0.2, 0.25) is 0 Å². The summed E-state index contributed by atoms with van der Waals surface area (Å²) in [4.78, 5) is 26.0. The van der Waals surface area contributed by atoms with E-state index in [1.54, 1.807) is 0 Å². The van der Waals surface area contributed by atoms with E-state index in [1.807, 2.05) is 18.7 Å². The Balaban J connectivity index is 2.14. The zero-order chi connectivity index (χ0) is 18.8. The summed E-state index contributed by atoms with van der Waals surface area (Å²) in [7, 11) is 0. The number of hydrogen-bond donors (Lipinski definition) is 2. The molecule has 0 radical (unpaired) electrons. The van der Waals surface area contributed by atoms with Crippen molar-refractivity contribution in [3.05, 3.63) is 35.4 Å². The monoisotopic (exact) mass is 345 g/mol. The van der Waals surface area contributed by atoms with E-state index in [-0.39, 0.29) is 17.2 Å². The molecule has 138 valence electrons. The molecule has 5 nitrogen and oxygen atoms in total. The normalized spacial score (nSPS) is 21.0. The minimum atomic E-state index is -0.652. The zero-order valence-corrected chi connectivity index (χ0v) is 16.0. The summed E-state index contributed by atoms with van der Waals surface area (Å²) < 4.78 is 0. The number of carbonyl (C=O) groups excluding carboxylic acids is 2. The van der Waals surface area contributed by atoms with E-state index in [2.05, 4.69) is 50.4 Å². The van der Waals surface area contributed by atoms with Crippen molar-refractivity contribution in [1.82, 2.24) is 10.2 Å². The number of rotatable bonds is 4. The quantitative estimate of drug-likeness (QED) is 0.880. The van der Waals surface area contributed by atoms with Crippen molar-refractivity contribution >= 4 is 11.9 Å². The molecule has 2 rings (SSSR count). The molecule has 0 saturated carbocycles. The molecule has 1 aliphatic rings. The molecule has 1 unspecified atom stereocenters. The number of carbonyl (C=O) groups is 2. The maximum Gasteiger partial charge on any atom is 0.312 e. The van der Waals surface area contributed by atoms with Crippen LogP contribution < -0.4 is 11.1 Å². The van der Waals surface area contributed by atoms with Crippen molar-refractivity contribution in [3.63, 3.8) is 0 Å². The summed E-state index contributed by atoms with van der Waals surface area (Å²) in [5, 5.41) is 2.60. The molecule has 25 heavy (non-hydrogen) atoms. The fourth-order valence-corrected chi connectivity index (χ4v) is 3.83. The third-order valence-electron chi connectivity index (χ3n) is 5.25. The second-order valence-electron chi connectivity index (χ2n) is 8.23. The summed E-state index contributed by atoms with van der Waals surface area (Å²) in [6.07, 6.45) is 0.920. The highest BCUT2D eigenvalue weighted by Gasteiger charge is 2.40. The molecule has 1 aliphatic heterocycles. The van der Waals surface area contributed by atoms with Crippen LogP contribution in [-0.2, 0) is 4.79 Å². The van der Waals surface area contributed by atoms with Gasteiger partial charge in [-0.05, 0) is 36.2 Å². The molecule has 1 aromatic carbocycles. The predicted octanol–water partition coefficient (Wildman–Crippen LogP) is 3.03. The molecule has 1 heterocycles. The average molecular weight is 345 g/mol. The molecule has 0 aliphatic carbocycles. The van der Waals surface area contributed by atoms with Crippen molar-refractivity contribution in [3.8, 4) is 0 Å². The molecule has 0 spiro atoms. The van der Waals surface area contributed by atoms with Gasteiger partial charge in [0.15, 0.2) is 0 Å². The maximum atomic E-state index is 12.9. The lowest BCUT2D eigenvalue weighted by atomic mass is 9.70. The number of hydrogen-bond acceptors (Lipinski definition) is 2. The van der Waals surface area contributed by atoms with Crippen LogP contribution in [0.5, 0.6) is 0 Å². The first-order valence-corrected chi connectivity index (χ1v) is 9.03. The van der Waals surface area contributed by atoms with Crippen molar-refractivity contribution < 1.29 is 9.59 Å². The highest BCUT2D eigenvalue weighted by Crippen LogP contribution is 2.42. The molecular weight excluding hydrogens is 314 g/mol. The summed E-state index contributed by atoms with van der Waals surface area (Å²) in [5.74, 6) is 0.376. The number of aryl methyl sites for hydroxylation is 1. The van der Waals surface area contributed by atoms with Crippen LogP contribution >= 0.6 is 0 Å². The predicted molar refractivity (Wildman–Crippen MR) is 100 cm³/mol. The molecule has 2 atom stereocenters. The Bertz CT molecular complexity index is 622. The molecule has 1 saturated heterocycles. The molecule has 3 N–H and O–H groups in total. The number of nitrogens with one attached hydrogen (secondary N) is 1. The van der Waals surface area contributed by atoms with E-state index >= 15 is 0 Å². The van der Waals surface area contributed by atoms with Crippen molar-refractivity contribution in [2.75, 3.05) is 13.1 Å². The topological polar surface area (TPSA) is 75.4 Å². The van der Waals surface area contributed by atoms with Crippen molar-refractivity contribution in [2.24, 2.45) is 17.1 Å². The van der Waals surface area contributed by atoms with E-state index < -0.39 is 12.1 Å². The smallest absolute Gasteiger partial charge is 0.312 e. The summed E-state index contributed by atoms with van der Waals surface area (Å²) in [6, 6.07) is 7.48. The molecular formula is C20H31N3O2. The van der Waals surface area contributed by atoms with Crippen molar-refractivity contribution in [2.45, 2.75) is 53.0 Å². The second-order valence-corrected chi connectivity index (χ2v) is 8.23. The fraction of sp³-hybridized carbons (Fsp3) is 0.600.